The first-order valence-corrected chi connectivity index (χ1v) is 16.8. The van der Waals surface area contributed by atoms with Crippen LogP contribution in [0.5, 0.6) is 0 Å². The molecule has 3 aromatic rings. The summed E-state index contributed by atoms with van der Waals surface area (Å²) in [5, 5.41) is 0.00873. The predicted molar refractivity (Wildman–Crippen MR) is 153 cm³/mol. The van der Waals surface area contributed by atoms with Gasteiger partial charge in [-0.2, -0.15) is 0 Å². The second-order valence-corrected chi connectivity index (χ2v) is 17.0. The number of ether oxygens (including phenoxy) is 1. The molecule has 2 aromatic heterocycles. The number of carbonyl (C=O) groups is 2. The van der Waals surface area contributed by atoms with Crippen molar-refractivity contribution in [2.24, 2.45) is 0 Å². The van der Waals surface area contributed by atoms with Gasteiger partial charge in [0, 0.05) is 19.2 Å². The highest BCUT2D eigenvalue weighted by atomic mass is 79.9. The number of pyridine rings is 1. The molecule has 10 heteroatoms. The lowest BCUT2D eigenvalue weighted by Crippen LogP contribution is -2.56. The number of piperidine rings is 1. The molecule has 1 aliphatic heterocycles. The quantitative estimate of drug-likeness (QED) is 0.221. The zero-order valence-corrected chi connectivity index (χ0v) is 25.4. The maximum Gasteiger partial charge on any atom is 0.410 e. The van der Waals surface area contributed by atoms with Crippen molar-refractivity contribution in [2.45, 2.75) is 83.5 Å². The van der Waals surface area contributed by atoms with Crippen LogP contribution in [-0.4, -0.2) is 58.3 Å². The predicted octanol–water partition coefficient (Wildman–Crippen LogP) is 6.34. The van der Waals surface area contributed by atoms with Gasteiger partial charge in [0.25, 0.3) is 0 Å². The molecule has 0 unspecified atom stereocenters. The molecule has 204 valence electrons. The van der Waals surface area contributed by atoms with Gasteiger partial charge in [0.15, 0.2) is 14.1 Å². The number of hydrogen-bond acceptors (Lipinski definition) is 6. The lowest BCUT2D eigenvalue weighted by atomic mass is 9.95. The van der Waals surface area contributed by atoms with Crippen LogP contribution in [0.3, 0.4) is 0 Å². The number of nitrogens with zero attached hydrogens (tertiary/aromatic N) is 4. The van der Waals surface area contributed by atoms with Gasteiger partial charge >= 0.3 is 6.09 Å². The van der Waals surface area contributed by atoms with Crippen molar-refractivity contribution in [2.75, 3.05) is 6.54 Å². The van der Waals surface area contributed by atoms with Gasteiger partial charge in [-0.15, -0.1) is 0 Å². The molecule has 1 aromatic carbocycles. The number of halogens is 1. The second-order valence-electron chi connectivity index (χ2n) is 11.4. The Morgan fingerprint density at radius 3 is 2.58 bits per heavy atom. The minimum absolute atomic E-state index is 0.00817. The van der Waals surface area contributed by atoms with E-state index >= 15 is 0 Å². The third-order valence-electron chi connectivity index (χ3n) is 7.69. The van der Waals surface area contributed by atoms with Crippen LogP contribution in [0.15, 0.2) is 53.5 Å². The Morgan fingerprint density at radius 1 is 1.13 bits per heavy atom. The van der Waals surface area contributed by atoms with E-state index in [1.54, 1.807) is 17.4 Å². The molecule has 1 saturated heterocycles. The Morgan fingerprint density at radius 2 is 1.87 bits per heavy atom. The number of rotatable bonds is 8. The fraction of sp³-hybridized carbons (Fsp3) is 0.500. The van der Waals surface area contributed by atoms with Gasteiger partial charge in [-0.3, -0.25) is 4.79 Å². The van der Waals surface area contributed by atoms with Crippen molar-refractivity contribution in [1.82, 2.24) is 19.4 Å². The van der Waals surface area contributed by atoms with Gasteiger partial charge in [0.05, 0.1) is 30.5 Å². The molecular formula is C28H37BrN4O4Si. The molecular weight excluding hydrogens is 564 g/mol. The summed E-state index contributed by atoms with van der Waals surface area (Å²) in [4.78, 5) is 37.1. The van der Waals surface area contributed by atoms with Crippen molar-refractivity contribution < 1.29 is 18.8 Å². The minimum atomic E-state index is -2.14. The molecule has 0 spiro atoms. The van der Waals surface area contributed by atoms with Crippen LogP contribution in [0.25, 0.3) is 11.0 Å². The van der Waals surface area contributed by atoms with E-state index < -0.39 is 20.5 Å². The van der Waals surface area contributed by atoms with Gasteiger partial charge in [-0.05, 0) is 58.5 Å². The van der Waals surface area contributed by atoms with Crippen LogP contribution in [0.2, 0.25) is 18.1 Å². The van der Waals surface area contributed by atoms with E-state index in [4.69, 9.17) is 9.16 Å². The van der Waals surface area contributed by atoms with Gasteiger partial charge in [-0.25, -0.2) is 14.8 Å². The molecule has 0 N–H and O–H groups in total. The number of aromatic nitrogens is 3. The average Bonchev–Trinajstić information content (AvgIpc) is 3.27. The van der Waals surface area contributed by atoms with Crippen molar-refractivity contribution in [1.29, 1.82) is 0 Å². The summed E-state index contributed by atoms with van der Waals surface area (Å²) >= 11 is 3.42. The molecule has 1 amide bonds. The van der Waals surface area contributed by atoms with Gasteiger partial charge in [0.1, 0.15) is 16.7 Å². The largest absolute Gasteiger partial charge is 0.445 e. The van der Waals surface area contributed by atoms with E-state index in [2.05, 4.69) is 59.8 Å². The lowest BCUT2D eigenvalue weighted by Gasteiger charge is -2.46. The Balaban J connectivity index is 1.54. The summed E-state index contributed by atoms with van der Waals surface area (Å²) < 4.78 is 15.0. The summed E-state index contributed by atoms with van der Waals surface area (Å²) in [5.41, 5.74) is 2.47. The Hall–Kier alpha value is -2.56. The first-order valence-electron chi connectivity index (χ1n) is 13.1. The first-order chi connectivity index (χ1) is 18.0. The number of fused-ring (bicyclic) bond motifs is 1. The summed E-state index contributed by atoms with van der Waals surface area (Å²) in [7, 11) is -2.14. The van der Waals surface area contributed by atoms with E-state index in [-0.39, 0.29) is 36.5 Å². The third kappa shape index (κ3) is 6.52. The zero-order chi connectivity index (χ0) is 27.5. The second kappa shape index (κ2) is 11.7. The summed E-state index contributed by atoms with van der Waals surface area (Å²) in [6.45, 7) is 11.9. The average molecular weight is 602 g/mol. The van der Waals surface area contributed by atoms with E-state index in [1.807, 2.05) is 41.0 Å². The standard InChI is InChI=1S/C28H37BrN4O4Si/c1-28(2,3)38(4,5)37-24-12-9-15-33(27(35)36-18-20-10-7-6-8-11-20)23(24)16-21(34)17-32-19-31-25-22(32)13-14-30-26(25)29/h6-8,10-11,13-14,19,23-24H,9,12,15-18H2,1-5H3/t23-,24+/m1/s1. The molecule has 0 aliphatic carbocycles. The fourth-order valence-electron chi connectivity index (χ4n) is 4.56. The van der Waals surface area contributed by atoms with Crippen molar-refractivity contribution in [3.63, 3.8) is 0 Å². The minimum Gasteiger partial charge on any atom is -0.445 e. The van der Waals surface area contributed by atoms with E-state index in [0.29, 0.717) is 16.7 Å². The molecule has 0 radical (unpaired) electrons. The molecule has 1 aliphatic rings. The SMILES string of the molecule is CC(C)(C)[Si](C)(C)O[C@H]1CCCN(C(=O)OCc2ccccc2)[C@@H]1CC(=O)Cn1cnc2c(Br)nccc21. The summed E-state index contributed by atoms with van der Waals surface area (Å²) in [6.07, 6.45) is 4.51. The first kappa shape index (κ1) is 28.4. The molecule has 4 rings (SSSR count). The molecule has 3 heterocycles. The smallest absolute Gasteiger partial charge is 0.410 e. The molecule has 2 atom stereocenters. The number of benzene rings is 1. The number of likely N-dealkylation sites (tertiary alicyclic amines) is 1. The van der Waals surface area contributed by atoms with Crippen molar-refractivity contribution >= 4 is 47.2 Å². The zero-order valence-electron chi connectivity index (χ0n) is 22.8. The van der Waals surface area contributed by atoms with Gasteiger partial charge in [-0.1, -0.05) is 51.1 Å². The number of Topliss-reactive ketones (excluding diaryl/α,β-unsaturated/α-hetero) is 1. The fourth-order valence-corrected chi connectivity index (χ4v) is 6.37. The highest BCUT2D eigenvalue weighted by Crippen LogP contribution is 2.39. The Labute approximate surface area is 234 Å². The molecule has 1 fully saturated rings. The number of amides is 1. The highest BCUT2D eigenvalue weighted by molar-refractivity contribution is 9.10. The number of ketones is 1. The maximum absolute atomic E-state index is 13.5. The Bertz CT molecular complexity index is 1270. The van der Waals surface area contributed by atoms with E-state index in [9.17, 15) is 9.59 Å². The third-order valence-corrected chi connectivity index (χ3v) is 12.8. The maximum atomic E-state index is 13.5. The van der Waals surface area contributed by atoms with E-state index in [0.717, 1.165) is 23.9 Å². The number of hydrogen-bond donors (Lipinski definition) is 0. The Kier molecular flexibility index (Phi) is 8.74. The van der Waals surface area contributed by atoms with Crippen LogP contribution >= 0.6 is 15.9 Å². The monoisotopic (exact) mass is 600 g/mol. The van der Waals surface area contributed by atoms with Crippen molar-refractivity contribution in [3.05, 3.63) is 59.1 Å². The molecule has 0 bridgehead atoms. The van der Waals surface area contributed by atoms with Crippen molar-refractivity contribution in [3.8, 4) is 0 Å². The number of imidazole rings is 1. The summed E-state index contributed by atoms with van der Waals surface area (Å²) in [5.74, 6) is 0.00817. The van der Waals surface area contributed by atoms with Crippen LogP contribution in [0.1, 0.15) is 45.6 Å². The topological polar surface area (TPSA) is 86.5 Å². The van der Waals surface area contributed by atoms with E-state index in [1.165, 1.54) is 0 Å². The summed E-state index contributed by atoms with van der Waals surface area (Å²) in [6, 6.07) is 11.1. The van der Waals surface area contributed by atoms with Gasteiger partial charge in [0.2, 0.25) is 0 Å². The molecule has 0 saturated carbocycles. The number of carbonyl (C=O) groups excluding carboxylic acids is 2. The lowest BCUT2D eigenvalue weighted by molar-refractivity contribution is -0.122. The molecule has 8 nitrogen and oxygen atoms in total. The van der Waals surface area contributed by atoms with Crippen LogP contribution in [0, 0.1) is 0 Å². The van der Waals surface area contributed by atoms with Crippen LogP contribution < -0.4 is 0 Å². The highest BCUT2D eigenvalue weighted by Gasteiger charge is 2.44. The van der Waals surface area contributed by atoms with Crippen LogP contribution in [0.4, 0.5) is 4.79 Å². The van der Waals surface area contributed by atoms with Gasteiger partial charge < -0.3 is 18.6 Å². The normalized spacial score (nSPS) is 18.5. The van der Waals surface area contributed by atoms with Crippen LogP contribution in [-0.2, 0) is 27.1 Å². The molecule has 38 heavy (non-hydrogen) atoms.